The van der Waals surface area contributed by atoms with Gasteiger partial charge in [-0.05, 0) is 31.9 Å². The molecule has 1 aliphatic rings. The minimum absolute atomic E-state index is 0.107. The fourth-order valence-corrected chi connectivity index (χ4v) is 3.49. The molecule has 1 atom stereocenters. The van der Waals surface area contributed by atoms with Crippen molar-refractivity contribution in [1.29, 1.82) is 0 Å². The molecule has 3 nitrogen and oxygen atoms in total. The number of carbonyl (C=O) groups excluding carboxylic acids is 1. The molecule has 1 aromatic rings. The highest BCUT2D eigenvalue weighted by atomic mass is 32.2. The summed E-state index contributed by atoms with van der Waals surface area (Å²) >= 11 is 1.92. The number of carbonyl (C=O) groups is 1. The molecule has 1 amide bonds. The maximum atomic E-state index is 12.1. The second-order valence-corrected chi connectivity index (χ2v) is 6.40. The largest absolute Gasteiger partial charge is 0.326 e. The highest BCUT2D eigenvalue weighted by molar-refractivity contribution is 7.99. The van der Waals surface area contributed by atoms with E-state index in [9.17, 15) is 4.79 Å². The third-order valence-corrected chi connectivity index (χ3v) is 4.50. The number of benzene rings is 1. The van der Waals surface area contributed by atoms with Gasteiger partial charge in [0, 0.05) is 36.2 Å². The van der Waals surface area contributed by atoms with Crippen molar-refractivity contribution in [2.75, 3.05) is 23.4 Å². The monoisotopic (exact) mass is 278 g/mol. The van der Waals surface area contributed by atoms with Crippen LogP contribution in [0.5, 0.6) is 0 Å². The average Bonchev–Trinajstić information content (AvgIpc) is 2.35. The van der Waals surface area contributed by atoms with Gasteiger partial charge in [-0.3, -0.25) is 4.79 Å². The minimum Gasteiger partial charge on any atom is -0.326 e. The predicted octanol–water partition coefficient (Wildman–Crippen LogP) is 2.65. The first-order valence-corrected chi connectivity index (χ1v) is 7.90. The molecular weight excluding hydrogens is 256 g/mol. The summed E-state index contributed by atoms with van der Waals surface area (Å²) in [5.74, 6) is 2.28. The molecule has 1 unspecified atom stereocenters. The second-order valence-electron chi connectivity index (χ2n) is 5.25. The van der Waals surface area contributed by atoms with Gasteiger partial charge >= 0.3 is 0 Å². The normalized spacial score (nSPS) is 19.2. The van der Waals surface area contributed by atoms with Crippen molar-refractivity contribution < 1.29 is 4.79 Å². The van der Waals surface area contributed by atoms with Crippen LogP contribution in [-0.4, -0.2) is 30.0 Å². The zero-order chi connectivity index (χ0) is 13.8. The average molecular weight is 278 g/mol. The topological polar surface area (TPSA) is 41.1 Å². The summed E-state index contributed by atoms with van der Waals surface area (Å²) in [6, 6.07) is 4.53. The van der Waals surface area contributed by atoms with Gasteiger partial charge in [-0.25, -0.2) is 0 Å². The summed E-state index contributed by atoms with van der Waals surface area (Å²) in [7, 11) is 0. The lowest BCUT2D eigenvalue weighted by Crippen LogP contribution is -2.40. The zero-order valence-electron chi connectivity index (χ0n) is 11.9. The van der Waals surface area contributed by atoms with Gasteiger partial charge in [0.05, 0.1) is 0 Å². The fraction of sp³-hybridized carbons (Fsp3) is 0.533. The molecule has 1 aromatic carbocycles. The molecule has 1 fully saturated rings. The van der Waals surface area contributed by atoms with Crippen molar-refractivity contribution in [3.63, 3.8) is 0 Å². The van der Waals surface area contributed by atoms with E-state index >= 15 is 0 Å². The van der Waals surface area contributed by atoms with Crippen LogP contribution >= 0.6 is 11.8 Å². The van der Waals surface area contributed by atoms with Crippen LogP contribution in [0.2, 0.25) is 0 Å². The summed E-state index contributed by atoms with van der Waals surface area (Å²) in [5.41, 5.74) is 4.48. The Morgan fingerprint density at radius 1 is 1.37 bits per heavy atom. The van der Waals surface area contributed by atoms with Gasteiger partial charge in [-0.1, -0.05) is 17.7 Å². The molecular formula is C15H22N2OS. The maximum absolute atomic E-state index is 12.1. The summed E-state index contributed by atoms with van der Waals surface area (Å²) in [6.45, 7) is 7.18. The summed E-state index contributed by atoms with van der Waals surface area (Å²) in [5, 5.41) is 6.46. The van der Waals surface area contributed by atoms with Crippen molar-refractivity contribution in [1.82, 2.24) is 5.32 Å². The van der Waals surface area contributed by atoms with E-state index in [0.717, 1.165) is 34.9 Å². The molecule has 0 radical (unpaired) electrons. The first-order chi connectivity index (χ1) is 9.06. The van der Waals surface area contributed by atoms with Crippen LogP contribution in [-0.2, 0) is 4.79 Å². The van der Waals surface area contributed by atoms with E-state index in [2.05, 4.69) is 29.7 Å². The number of thioether (sulfide) groups is 1. The number of amides is 1. The van der Waals surface area contributed by atoms with Crippen LogP contribution in [0.4, 0.5) is 5.69 Å². The van der Waals surface area contributed by atoms with Crippen molar-refractivity contribution in [3.8, 4) is 0 Å². The predicted molar refractivity (Wildman–Crippen MR) is 83.0 cm³/mol. The number of nitrogens with one attached hydrogen (secondary N) is 2. The van der Waals surface area contributed by atoms with E-state index in [-0.39, 0.29) is 5.91 Å². The van der Waals surface area contributed by atoms with E-state index in [4.69, 9.17) is 0 Å². The van der Waals surface area contributed by atoms with Gasteiger partial charge < -0.3 is 10.6 Å². The van der Waals surface area contributed by atoms with Gasteiger partial charge in [-0.2, -0.15) is 11.8 Å². The Bertz CT molecular complexity index is 444. The molecule has 1 saturated heterocycles. The maximum Gasteiger partial charge on any atom is 0.225 e. The standard InChI is InChI=1S/C15H22N2OS/c1-10-6-11(2)15(12(3)7-10)17-14(18)8-13-9-19-5-4-16-13/h6-7,13,16H,4-5,8-9H2,1-3H3,(H,17,18). The van der Waals surface area contributed by atoms with E-state index < -0.39 is 0 Å². The Kier molecular flexibility index (Phi) is 4.88. The Morgan fingerprint density at radius 2 is 2.05 bits per heavy atom. The third kappa shape index (κ3) is 3.98. The van der Waals surface area contributed by atoms with E-state index in [1.165, 1.54) is 5.56 Å². The lowest BCUT2D eigenvalue weighted by atomic mass is 10.0. The van der Waals surface area contributed by atoms with Gasteiger partial charge in [0.2, 0.25) is 5.91 Å². The molecule has 4 heteroatoms. The van der Waals surface area contributed by atoms with Crippen molar-refractivity contribution >= 4 is 23.4 Å². The summed E-state index contributed by atoms with van der Waals surface area (Å²) in [6.07, 6.45) is 0.555. The van der Waals surface area contributed by atoms with Crippen LogP contribution < -0.4 is 10.6 Å². The van der Waals surface area contributed by atoms with E-state index in [1.54, 1.807) is 0 Å². The number of anilines is 1. The summed E-state index contributed by atoms with van der Waals surface area (Å²) in [4.78, 5) is 12.1. The van der Waals surface area contributed by atoms with Crippen LogP contribution in [0, 0.1) is 20.8 Å². The van der Waals surface area contributed by atoms with Gasteiger partial charge in [0.15, 0.2) is 0 Å². The number of hydrogen-bond donors (Lipinski definition) is 2. The second kappa shape index (κ2) is 6.44. The quantitative estimate of drug-likeness (QED) is 0.893. The molecule has 2 rings (SSSR count). The van der Waals surface area contributed by atoms with Crippen molar-refractivity contribution in [3.05, 3.63) is 28.8 Å². The molecule has 0 spiro atoms. The van der Waals surface area contributed by atoms with Gasteiger partial charge in [-0.15, -0.1) is 0 Å². The van der Waals surface area contributed by atoms with Crippen LogP contribution in [0.15, 0.2) is 12.1 Å². The van der Waals surface area contributed by atoms with Crippen LogP contribution in [0.3, 0.4) is 0 Å². The Balaban J connectivity index is 1.98. The Labute approximate surface area is 119 Å². The molecule has 19 heavy (non-hydrogen) atoms. The Morgan fingerprint density at radius 3 is 2.63 bits per heavy atom. The number of rotatable bonds is 3. The molecule has 1 heterocycles. The number of hydrogen-bond acceptors (Lipinski definition) is 3. The molecule has 2 N–H and O–H groups in total. The molecule has 0 aliphatic carbocycles. The first-order valence-electron chi connectivity index (χ1n) is 6.75. The zero-order valence-corrected chi connectivity index (χ0v) is 12.7. The highest BCUT2D eigenvalue weighted by Gasteiger charge is 2.17. The molecule has 0 saturated carbocycles. The molecule has 0 aromatic heterocycles. The van der Waals surface area contributed by atoms with Gasteiger partial charge in [0.1, 0.15) is 0 Å². The lowest BCUT2D eigenvalue weighted by molar-refractivity contribution is -0.116. The van der Waals surface area contributed by atoms with Crippen molar-refractivity contribution in [2.24, 2.45) is 0 Å². The summed E-state index contributed by atoms with van der Waals surface area (Å²) < 4.78 is 0. The molecule has 1 aliphatic heterocycles. The first kappa shape index (κ1) is 14.4. The Hall–Kier alpha value is -1.00. The smallest absolute Gasteiger partial charge is 0.225 e. The minimum atomic E-state index is 0.107. The lowest BCUT2D eigenvalue weighted by Gasteiger charge is -2.23. The molecule has 0 bridgehead atoms. The van der Waals surface area contributed by atoms with E-state index in [1.807, 2.05) is 25.6 Å². The number of aryl methyl sites for hydroxylation is 3. The third-order valence-electron chi connectivity index (χ3n) is 3.37. The van der Waals surface area contributed by atoms with Crippen LogP contribution in [0.1, 0.15) is 23.1 Å². The van der Waals surface area contributed by atoms with E-state index in [0.29, 0.717) is 12.5 Å². The fourth-order valence-electron chi connectivity index (χ4n) is 2.54. The van der Waals surface area contributed by atoms with Crippen LogP contribution in [0.25, 0.3) is 0 Å². The highest BCUT2D eigenvalue weighted by Crippen LogP contribution is 2.22. The SMILES string of the molecule is Cc1cc(C)c(NC(=O)CC2CSCCN2)c(C)c1. The van der Waals surface area contributed by atoms with Crippen molar-refractivity contribution in [2.45, 2.75) is 33.2 Å². The molecule has 104 valence electrons. The van der Waals surface area contributed by atoms with Gasteiger partial charge in [0.25, 0.3) is 0 Å².